The van der Waals surface area contributed by atoms with E-state index in [0.29, 0.717) is 5.82 Å². The minimum atomic E-state index is 0.525. The molecule has 0 saturated heterocycles. The van der Waals surface area contributed by atoms with Crippen LogP contribution >= 0.6 is 0 Å². The van der Waals surface area contributed by atoms with Crippen LogP contribution in [0.2, 0.25) is 0 Å². The van der Waals surface area contributed by atoms with Crippen LogP contribution in [-0.4, -0.2) is 21.4 Å². The Labute approximate surface area is 82.8 Å². The van der Waals surface area contributed by atoms with Crippen molar-refractivity contribution in [2.45, 2.75) is 13.8 Å². The normalized spacial score (nSPS) is 9.71. The molecule has 0 amide bonds. The van der Waals surface area contributed by atoms with Crippen LogP contribution in [0, 0.1) is 13.8 Å². The highest BCUT2D eigenvalue weighted by Gasteiger charge is 2.02. The molecule has 0 spiro atoms. The number of anilines is 1. The van der Waals surface area contributed by atoms with Crippen molar-refractivity contribution in [3.63, 3.8) is 0 Å². The van der Waals surface area contributed by atoms with Gasteiger partial charge in [0.15, 0.2) is 5.65 Å². The third-order valence-electron chi connectivity index (χ3n) is 1.74. The van der Waals surface area contributed by atoms with Gasteiger partial charge in [0.25, 0.3) is 0 Å². The van der Waals surface area contributed by atoms with Gasteiger partial charge in [0.2, 0.25) is 0 Å². The molecular formula is C9H15N5. The van der Waals surface area contributed by atoms with Crippen LogP contribution < -0.4 is 11.5 Å². The molecule has 0 aromatic carbocycles. The van der Waals surface area contributed by atoms with Gasteiger partial charge in [-0.25, -0.2) is 9.97 Å². The summed E-state index contributed by atoms with van der Waals surface area (Å²) in [6.07, 6.45) is 3.70. The van der Waals surface area contributed by atoms with Gasteiger partial charge in [-0.2, -0.15) is 0 Å². The maximum Gasteiger partial charge on any atom is 0.158 e. The molecule has 76 valence electrons. The average Bonchev–Trinajstić information content (AvgIpc) is 2.49. The maximum absolute atomic E-state index is 5.57. The van der Waals surface area contributed by atoms with E-state index in [-0.39, 0.29) is 0 Å². The minimum Gasteiger partial charge on any atom is -0.382 e. The first-order valence-corrected chi connectivity index (χ1v) is 4.33. The SMILES string of the molecule is CN.Cc1cn2cc(N)nc(C)c2n1. The molecule has 5 heteroatoms. The Bertz CT molecular complexity index is 432. The zero-order chi connectivity index (χ0) is 10.7. The molecule has 0 bridgehead atoms. The number of hydrogen-bond donors (Lipinski definition) is 2. The highest BCUT2D eigenvalue weighted by Crippen LogP contribution is 2.09. The lowest BCUT2D eigenvalue weighted by Gasteiger charge is -1.97. The second kappa shape index (κ2) is 4.06. The third kappa shape index (κ3) is 1.82. The molecule has 0 aliphatic carbocycles. The quantitative estimate of drug-likeness (QED) is 0.638. The van der Waals surface area contributed by atoms with Crippen molar-refractivity contribution in [3.8, 4) is 0 Å². The molecule has 2 aromatic rings. The van der Waals surface area contributed by atoms with E-state index < -0.39 is 0 Å². The number of nitrogens with zero attached hydrogens (tertiary/aromatic N) is 3. The number of aromatic nitrogens is 3. The van der Waals surface area contributed by atoms with Crippen molar-refractivity contribution in [1.82, 2.24) is 14.4 Å². The molecule has 5 nitrogen and oxygen atoms in total. The lowest BCUT2D eigenvalue weighted by Crippen LogP contribution is -1.97. The summed E-state index contributed by atoms with van der Waals surface area (Å²) in [6, 6.07) is 0. The Morgan fingerprint density at radius 2 is 1.79 bits per heavy atom. The van der Waals surface area contributed by atoms with Crippen LogP contribution in [-0.2, 0) is 0 Å². The molecule has 0 aliphatic rings. The first-order chi connectivity index (χ1) is 6.66. The van der Waals surface area contributed by atoms with E-state index in [0.717, 1.165) is 17.0 Å². The summed E-state index contributed by atoms with van der Waals surface area (Å²) in [5.41, 5.74) is 12.8. The van der Waals surface area contributed by atoms with Gasteiger partial charge in [-0.05, 0) is 20.9 Å². The predicted octanol–water partition coefficient (Wildman–Crippen LogP) is 0.503. The molecule has 0 unspecified atom stereocenters. The summed E-state index contributed by atoms with van der Waals surface area (Å²) in [4.78, 5) is 8.41. The highest BCUT2D eigenvalue weighted by molar-refractivity contribution is 5.48. The molecule has 0 atom stereocenters. The van der Waals surface area contributed by atoms with E-state index in [1.165, 1.54) is 7.05 Å². The van der Waals surface area contributed by atoms with Crippen LogP contribution in [0.3, 0.4) is 0 Å². The summed E-state index contributed by atoms with van der Waals surface area (Å²) in [5, 5.41) is 0. The summed E-state index contributed by atoms with van der Waals surface area (Å²) in [7, 11) is 1.50. The van der Waals surface area contributed by atoms with E-state index in [9.17, 15) is 0 Å². The van der Waals surface area contributed by atoms with Gasteiger partial charge in [0.1, 0.15) is 5.82 Å². The third-order valence-corrected chi connectivity index (χ3v) is 1.74. The van der Waals surface area contributed by atoms with Gasteiger partial charge in [-0.3, -0.25) is 0 Å². The van der Waals surface area contributed by atoms with E-state index >= 15 is 0 Å². The Kier molecular flexibility index (Phi) is 3.03. The van der Waals surface area contributed by atoms with Gasteiger partial charge >= 0.3 is 0 Å². The van der Waals surface area contributed by atoms with Gasteiger partial charge in [-0.15, -0.1) is 0 Å². The van der Waals surface area contributed by atoms with Crippen LogP contribution in [0.25, 0.3) is 5.65 Å². The van der Waals surface area contributed by atoms with Crippen molar-refractivity contribution in [2.24, 2.45) is 5.73 Å². The van der Waals surface area contributed by atoms with Crippen LogP contribution in [0.4, 0.5) is 5.82 Å². The molecule has 2 rings (SSSR count). The molecule has 2 heterocycles. The zero-order valence-electron chi connectivity index (χ0n) is 8.65. The number of nitrogen functional groups attached to an aromatic ring is 1. The summed E-state index contributed by atoms with van der Waals surface area (Å²) in [5.74, 6) is 0.525. The van der Waals surface area contributed by atoms with Crippen molar-refractivity contribution < 1.29 is 0 Å². The van der Waals surface area contributed by atoms with E-state index in [1.807, 2.05) is 24.4 Å². The van der Waals surface area contributed by atoms with E-state index in [2.05, 4.69) is 15.7 Å². The molecular weight excluding hydrogens is 178 g/mol. The summed E-state index contributed by atoms with van der Waals surface area (Å²) in [6.45, 7) is 3.85. The fourth-order valence-electron chi connectivity index (χ4n) is 1.30. The van der Waals surface area contributed by atoms with Gasteiger partial charge < -0.3 is 15.9 Å². The molecule has 0 fully saturated rings. The minimum absolute atomic E-state index is 0.525. The van der Waals surface area contributed by atoms with Gasteiger partial charge in [-0.1, -0.05) is 0 Å². The molecule has 4 N–H and O–H groups in total. The lowest BCUT2D eigenvalue weighted by atomic mass is 10.5. The Morgan fingerprint density at radius 1 is 1.14 bits per heavy atom. The maximum atomic E-state index is 5.57. The van der Waals surface area contributed by atoms with Crippen molar-refractivity contribution in [1.29, 1.82) is 0 Å². The van der Waals surface area contributed by atoms with Crippen molar-refractivity contribution in [3.05, 3.63) is 23.8 Å². The largest absolute Gasteiger partial charge is 0.382 e. The van der Waals surface area contributed by atoms with E-state index in [4.69, 9.17) is 5.73 Å². The first kappa shape index (κ1) is 10.5. The monoisotopic (exact) mass is 193 g/mol. The Morgan fingerprint density at radius 3 is 2.43 bits per heavy atom. The topological polar surface area (TPSA) is 82.2 Å². The standard InChI is InChI=1S/C8H10N4.CH5N/c1-5-3-12-4-7(9)11-6(2)8(12)10-5;1-2/h3-4H,9H2,1-2H3;2H2,1H3. The molecule has 2 aromatic heterocycles. The number of aryl methyl sites for hydroxylation is 2. The molecule has 0 radical (unpaired) electrons. The van der Waals surface area contributed by atoms with Crippen molar-refractivity contribution in [2.75, 3.05) is 12.8 Å². The summed E-state index contributed by atoms with van der Waals surface area (Å²) >= 11 is 0. The number of hydrogen-bond acceptors (Lipinski definition) is 4. The fraction of sp³-hybridized carbons (Fsp3) is 0.333. The van der Waals surface area contributed by atoms with Gasteiger partial charge in [0.05, 0.1) is 17.6 Å². The number of nitrogens with two attached hydrogens (primary N) is 2. The van der Waals surface area contributed by atoms with Crippen LogP contribution in [0.1, 0.15) is 11.4 Å². The van der Waals surface area contributed by atoms with Crippen LogP contribution in [0.5, 0.6) is 0 Å². The molecule has 0 aliphatic heterocycles. The average molecular weight is 193 g/mol. The number of rotatable bonds is 0. The second-order valence-corrected chi connectivity index (χ2v) is 2.86. The summed E-state index contributed by atoms with van der Waals surface area (Å²) < 4.78 is 1.90. The smallest absolute Gasteiger partial charge is 0.158 e. The second-order valence-electron chi connectivity index (χ2n) is 2.86. The Balaban J connectivity index is 0.000000461. The Hall–Kier alpha value is -1.62. The first-order valence-electron chi connectivity index (χ1n) is 4.33. The number of imidazole rings is 1. The van der Waals surface area contributed by atoms with Crippen molar-refractivity contribution >= 4 is 11.5 Å². The zero-order valence-corrected chi connectivity index (χ0v) is 8.65. The number of fused-ring (bicyclic) bond motifs is 1. The van der Waals surface area contributed by atoms with Gasteiger partial charge in [0, 0.05) is 6.20 Å². The predicted molar refractivity (Wildman–Crippen MR) is 57.0 cm³/mol. The fourth-order valence-corrected chi connectivity index (χ4v) is 1.30. The molecule has 14 heavy (non-hydrogen) atoms. The van der Waals surface area contributed by atoms with E-state index in [1.54, 1.807) is 6.20 Å². The lowest BCUT2D eigenvalue weighted by molar-refractivity contribution is 1.09. The highest BCUT2D eigenvalue weighted by atomic mass is 15.0. The van der Waals surface area contributed by atoms with Crippen LogP contribution in [0.15, 0.2) is 12.4 Å². The molecule has 0 saturated carbocycles.